The Balaban J connectivity index is 2.37. The van der Waals surface area contributed by atoms with Gasteiger partial charge in [-0.2, -0.15) is 0 Å². The van der Waals surface area contributed by atoms with Gasteiger partial charge in [0.2, 0.25) is 0 Å². The summed E-state index contributed by atoms with van der Waals surface area (Å²) in [5.41, 5.74) is 0. The maximum Gasteiger partial charge on any atom is 0.118 e. The summed E-state index contributed by atoms with van der Waals surface area (Å²) in [6, 6.07) is 19.3. The van der Waals surface area contributed by atoms with Crippen LogP contribution in [0.15, 0.2) is 54.6 Å². The van der Waals surface area contributed by atoms with Crippen molar-refractivity contribution in [2.75, 3.05) is 7.11 Å². The van der Waals surface area contributed by atoms with Gasteiger partial charge in [-0.1, -0.05) is 65.9 Å². The molecule has 2 heteroatoms. The minimum atomic E-state index is -1.55. The van der Waals surface area contributed by atoms with Crippen LogP contribution in [-0.4, -0.2) is 15.2 Å². The van der Waals surface area contributed by atoms with E-state index >= 15 is 0 Å². The largest absolute Gasteiger partial charge is 0.497 e. The van der Waals surface area contributed by atoms with Crippen molar-refractivity contribution in [3.8, 4) is 5.75 Å². The number of hydrogen-bond acceptors (Lipinski definition) is 1. The maximum atomic E-state index is 5.20. The van der Waals surface area contributed by atoms with Crippen LogP contribution >= 0.6 is 0 Å². The molecule has 2 aromatic rings. The van der Waals surface area contributed by atoms with E-state index in [-0.39, 0.29) is 0 Å². The molecule has 0 aliphatic heterocycles. The first-order valence-corrected chi connectivity index (χ1v) is 8.84. The quantitative estimate of drug-likeness (QED) is 0.752. The first-order valence-electron chi connectivity index (χ1n) is 5.84. The zero-order chi connectivity index (χ0) is 12.3. The van der Waals surface area contributed by atoms with Crippen LogP contribution in [0.25, 0.3) is 0 Å². The van der Waals surface area contributed by atoms with Crippen LogP contribution in [0.1, 0.15) is 0 Å². The summed E-state index contributed by atoms with van der Waals surface area (Å²) in [6.07, 6.45) is 0. The van der Waals surface area contributed by atoms with Crippen molar-refractivity contribution in [2.45, 2.75) is 13.1 Å². The molecule has 0 spiro atoms. The average molecular weight is 242 g/mol. The van der Waals surface area contributed by atoms with E-state index in [1.165, 1.54) is 10.4 Å². The normalized spacial score (nSPS) is 11.2. The Hall–Kier alpha value is -1.54. The zero-order valence-electron chi connectivity index (χ0n) is 10.6. The Labute approximate surface area is 104 Å². The zero-order valence-corrected chi connectivity index (χ0v) is 11.6. The van der Waals surface area contributed by atoms with Crippen molar-refractivity contribution < 1.29 is 4.74 Å². The van der Waals surface area contributed by atoms with Gasteiger partial charge in [-0.25, -0.2) is 0 Å². The molecule has 2 aromatic carbocycles. The molecule has 2 rings (SSSR count). The molecule has 0 bridgehead atoms. The van der Waals surface area contributed by atoms with Crippen LogP contribution in [0.5, 0.6) is 5.75 Å². The summed E-state index contributed by atoms with van der Waals surface area (Å²) in [5.74, 6) is 0.923. The van der Waals surface area contributed by atoms with Crippen LogP contribution in [0.2, 0.25) is 13.1 Å². The summed E-state index contributed by atoms with van der Waals surface area (Å²) in [7, 11) is 0.156. The second kappa shape index (κ2) is 4.76. The van der Waals surface area contributed by atoms with Gasteiger partial charge in [-0.05, 0) is 12.1 Å². The molecular formula is C15H18OSi. The lowest BCUT2D eigenvalue weighted by molar-refractivity contribution is 0.415. The smallest absolute Gasteiger partial charge is 0.118 e. The lowest BCUT2D eigenvalue weighted by Gasteiger charge is -2.23. The Morgan fingerprint density at radius 3 is 1.82 bits per heavy atom. The lowest BCUT2D eigenvalue weighted by Crippen LogP contribution is -2.52. The van der Waals surface area contributed by atoms with Crippen LogP contribution in [-0.2, 0) is 0 Å². The van der Waals surface area contributed by atoms with Crippen LogP contribution in [0.3, 0.4) is 0 Å². The molecule has 0 aromatic heterocycles. The van der Waals surface area contributed by atoms with E-state index in [2.05, 4.69) is 55.6 Å². The molecule has 0 N–H and O–H groups in total. The highest BCUT2D eigenvalue weighted by atomic mass is 28.3. The number of ether oxygens (including phenoxy) is 1. The van der Waals surface area contributed by atoms with Crippen LogP contribution in [0.4, 0.5) is 0 Å². The topological polar surface area (TPSA) is 9.23 Å². The lowest BCUT2D eigenvalue weighted by atomic mass is 10.3. The van der Waals surface area contributed by atoms with E-state index in [9.17, 15) is 0 Å². The van der Waals surface area contributed by atoms with E-state index < -0.39 is 8.07 Å². The fourth-order valence-corrected chi connectivity index (χ4v) is 4.39. The number of methoxy groups -OCH3 is 1. The summed E-state index contributed by atoms with van der Waals surface area (Å²) < 4.78 is 5.20. The maximum absolute atomic E-state index is 5.20. The summed E-state index contributed by atoms with van der Waals surface area (Å²) in [4.78, 5) is 0. The Morgan fingerprint density at radius 1 is 0.765 bits per heavy atom. The highest BCUT2D eigenvalue weighted by Crippen LogP contribution is 2.10. The fraction of sp³-hybridized carbons (Fsp3) is 0.200. The molecule has 88 valence electrons. The molecule has 1 nitrogen and oxygen atoms in total. The van der Waals surface area contributed by atoms with Crippen LogP contribution < -0.4 is 15.1 Å². The predicted molar refractivity (Wildman–Crippen MR) is 76.2 cm³/mol. The van der Waals surface area contributed by atoms with E-state index in [0.29, 0.717) is 0 Å². The van der Waals surface area contributed by atoms with Gasteiger partial charge < -0.3 is 4.74 Å². The molecule has 0 unspecified atom stereocenters. The first kappa shape index (κ1) is 11.9. The second-order valence-electron chi connectivity index (χ2n) is 4.72. The summed E-state index contributed by atoms with van der Waals surface area (Å²) in [5, 5.41) is 2.90. The van der Waals surface area contributed by atoms with E-state index in [1.807, 2.05) is 12.1 Å². The highest BCUT2D eigenvalue weighted by molar-refractivity contribution is 7.00. The van der Waals surface area contributed by atoms with Crippen molar-refractivity contribution >= 4 is 18.4 Å². The van der Waals surface area contributed by atoms with Gasteiger partial charge in [-0.3, -0.25) is 0 Å². The number of hydrogen-bond donors (Lipinski definition) is 0. The SMILES string of the molecule is COc1ccc([Si](C)(C)c2ccccc2)cc1. The van der Waals surface area contributed by atoms with Gasteiger partial charge in [-0.15, -0.1) is 0 Å². The first-order chi connectivity index (χ1) is 8.14. The molecule has 0 heterocycles. The van der Waals surface area contributed by atoms with E-state index in [0.717, 1.165) is 5.75 Å². The minimum absolute atomic E-state index is 0.923. The molecule has 0 aliphatic carbocycles. The standard InChI is InChI=1S/C15H18OSi/c1-16-13-9-11-15(12-10-13)17(2,3)14-7-5-4-6-8-14/h4-12H,1-3H3. The Morgan fingerprint density at radius 2 is 1.29 bits per heavy atom. The third kappa shape index (κ3) is 2.42. The predicted octanol–water partition coefficient (Wildman–Crippen LogP) is 2.52. The van der Waals surface area contributed by atoms with Crippen molar-refractivity contribution in [2.24, 2.45) is 0 Å². The van der Waals surface area contributed by atoms with Gasteiger partial charge in [0.05, 0.1) is 7.11 Å². The molecule has 0 atom stereocenters. The molecule has 0 saturated carbocycles. The molecule has 0 fully saturated rings. The van der Waals surface area contributed by atoms with Crippen molar-refractivity contribution in [1.29, 1.82) is 0 Å². The summed E-state index contributed by atoms with van der Waals surface area (Å²) in [6.45, 7) is 4.76. The van der Waals surface area contributed by atoms with Crippen molar-refractivity contribution in [3.63, 3.8) is 0 Å². The highest BCUT2D eigenvalue weighted by Gasteiger charge is 2.25. The minimum Gasteiger partial charge on any atom is -0.497 e. The third-order valence-corrected chi connectivity index (χ3v) is 6.86. The molecule has 0 saturated heterocycles. The van der Waals surface area contributed by atoms with E-state index in [4.69, 9.17) is 4.74 Å². The molecule has 0 aliphatic rings. The second-order valence-corrected chi connectivity index (χ2v) is 9.12. The Bertz CT molecular complexity index is 474. The van der Waals surface area contributed by atoms with Crippen molar-refractivity contribution in [1.82, 2.24) is 0 Å². The monoisotopic (exact) mass is 242 g/mol. The van der Waals surface area contributed by atoms with Gasteiger partial charge >= 0.3 is 0 Å². The van der Waals surface area contributed by atoms with Gasteiger partial charge in [0.1, 0.15) is 13.8 Å². The van der Waals surface area contributed by atoms with Gasteiger partial charge in [0.25, 0.3) is 0 Å². The molecular weight excluding hydrogens is 224 g/mol. The average Bonchev–Trinajstić information content (AvgIpc) is 2.40. The number of rotatable bonds is 3. The van der Waals surface area contributed by atoms with Gasteiger partial charge in [0.15, 0.2) is 0 Å². The fourth-order valence-electron chi connectivity index (χ4n) is 2.03. The molecule has 17 heavy (non-hydrogen) atoms. The van der Waals surface area contributed by atoms with Crippen molar-refractivity contribution in [3.05, 3.63) is 54.6 Å². The van der Waals surface area contributed by atoms with Crippen LogP contribution in [0, 0.1) is 0 Å². The summed E-state index contributed by atoms with van der Waals surface area (Å²) >= 11 is 0. The molecule has 0 amide bonds. The van der Waals surface area contributed by atoms with E-state index in [1.54, 1.807) is 7.11 Å². The molecule has 0 radical (unpaired) electrons. The number of benzene rings is 2. The van der Waals surface area contributed by atoms with Gasteiger partial charge in [0, 0.05) is 0 Å². The third-order valence-electron chi connectivity index (χ3n) is 3.31. The Kier molecular flexibility index (Phi) is 3.34.